The van der Waals surface area contributed by atoms with E-state index < -0.39 is 40.3 Å². The van der Waals surface area contributed by atoms with Crippen LogP contribution in [0.15, 0.2) is 41.5 Å². The summed E-state index contributed by atoms with van der Waals surface area (Å²) in [7, 11) is 1.39. The van der Waals surface area contributed by atoms with Gasteiger partial charge in [0.15, 0.2) is 11.6 Å². The van der Waals surface area contributed by atoms with Crippen LogP contribution in [0.3, 0.4) is 0 Å². The van der Waals surface area contributed by atoms with E-state index in [0.717, 1.165) is 42.7 Å². The summed E-state index contributed by atoms with van der Waals surface area (Å²) in [5, 5.41) is 17.7. The van der Waals surface area contributed by atoms with Gasteiger partial charge in [-0.2, -0.15) is 0 Å². The third-order valence-corrected chi connectivity index (χ3v) is 10.1. The van der Waals surface area contributed by atoms with Crippen LogP contribution in [0.2, 0.25) is 0 Å². The number of carbonyl (C=O) groups is 4. The molecule has 0 bridgehead atoms. The van der Waals surface area contributed by atoms with Gasteiger partial charge < -0.3 is 24.2 Å². The smallest absolute Gasteiger partial charge is 0.341 e. The number of amides is 2. The molecule has 5 heterocycles. The van der Waals surface area contributed by atoms with Crippen LogP contribution in [0, 0.1) is 17.6 Å². The monoisotopic (exact) mass is 687 g/mol. The number of methoxy groups -OCH3 is 1. The van der Waals surface area contributed by atoms with E-state index >= 15 is 4.39 Å². The van der Waals surface area contributed by atoms with Crippen LogP contribution in [0.25, 0.3) is 10.9 Å². The lowest BCUT2D eigenvalue weighted by Gasteiger charge is -2.36. The number of ketones is 1. The molecule has 8 rings (SSSR count). The van der Waals surface area contributed by atoms with Crippen LogP contribution in [-0.4, -0.2) is 85.9 Å². The molecular formula is C34H31F2N7O7. The fraction of sp³-hybridized carbons (Fsp3) is 0.382. The van der Waals surface area contributed by atoms with Gasteiger partial charge in [0.25, 0.3) is 11.7 Å². The lowest BCUT2D eigenvalue weighted by molar-refractivity contribution is -0.136. The molecule has 0 unspecified atom stereocenters. The molecule has 1 saturated carbocycles. The first kappa shape index (κ1) is 31.6. The van der Waals surface area contributed by atoms with Crippen LogP contribution in [0.5, 0.6) is 5.75 Å². The predicted octanol–water partition coefficient (Wildman–Crippen LogP) is 2.77. The molecule has 3 fully saturated rings. The predicted molar refractivity (Wildman–Crippen MR) is 172 cm³/mol. The van der Waals surface area contributed by atoms with Crippen LogP contribution in [0.1, 0.15) is 58.1 Å². The molecule has 50 heavy (non-hydrogen) atoms. The van der Waals surface area contributed by atoms with E-state index in [1.807, 2.05) is 4.90 Å². The van der Waals surface area contributed by atoms with Crippen molar-refractivity contribution < 1.29 is 37.8 Å². The number of carboxylic acids is 1. The number of aromatic carboxylic acids is 1. The molecule has 2 saturated heterocycles. The summed E-state index contributed by atoms with van der Waals surface area (Å²) in [4.78, 5) is 68.3. The van der Waals surface area contributed by atoms with Gasteiger partial charge in [-0.05, 0) is 49.8 Å². The molecule has 4 aliphatic rings. The number of rotatable bonds is 8. The number of aromatic nitrogens is 4. The molecular weight excluding hydrogens is 656 g/mol. The first-order valence-corrected chi connectivity index (χ1v) is 16.3. The van der Waals surface area contributed by atoms with Crippen molar-refractivity contribution in [3.05, 3.63) is 75.3 Å². The van der Waals surface area contributed by atoms with Gasteiger partial charge in [0.1, 0.15) is 29.3 Å². The summed E-state index contributed by atoms with van der Waals surface area (Å²) in [6, 6.07) is 4.71. The minimum atomic E-state index is -1.38. The number of likely N-dealkylation sites (tertiary alicyclic amines) is 1. The van der Waals surface area contributed by atoms with Crippen molar-refractivity contribution in [3.8, 4) is 5.75 Å². The second-order valence-electron chi connectivity index (χ2n) is 13.2. The zero-order valence-corrected chi connectivity index (χ0v) is 26.8. The zero-order chi connectivity index (χ0) is 35.0. The van der Waals surface area contributed by atoms with Crippen LogP contribution >= 0.6 is 0 Å². The summed E-state index contributed by atoms with van der Waals surface area (Å²) in [6.07, 6.45) is 5.90. The fourth-order valence-corrected chi connectivity index (χ4v) is 7.74. The van der Waals surface area contributed by atoms with E-state index in [1.54, 1.807) is 9.47 Å². The van der Waals surface area contributed by atoms with Gasteiger partial charge in [-0.25, -0.2) is 18.3 Å². The molecule has 258 valence electrons. The van der Waals surface area contributed by atoms with Gasteiger partial charge in [-0.1, -0.05) is 11.3 Å². The first-order chi connectivity index (χ1) is 24.0. The van der Waals surface area contributed by atoms with Gasteiger partial charge in [-0.3, -0.25) is 24.1 Å². The van der Waals surface area contributed by atoms with Crippen molar-refractivity contribution in [2.75, 3.05) is 36.5 Å². The molecule has 2 aromatic carbocycles. The highest BCUT2D eigenvalue weighted by Gasteiger charge is 2.43. The number of hydrogen-bond acceptors (Lipinski definition) is 9. The van der Waals surface area contributed by atoms with Gasteiger partial charge in [0.05, 0.1) is 48.0 Å². The second-order valence-corrected chi connectivity index (χ2v) is 13.2. The zero-order valence-electron chi connectivity index (χ0n) is 26.8. The topological polar surface area (TPSA) is 160 Å². The van der Waals surface area contributed by atoms with Gasteiger partial charge >= 0.3 is 5.97 Å². The summed E-state index contributed by atoms with van der Waals surface area (Å²) < 4.78 is 39.4. The lowest BCUT2D eigenvalue weighted by atomic mass is 9.92. The fourth-order valence-electron chi connectivity index (χ4n) is 7.74. The molecule has 14 nitrogen and oxygen atoms in total. The molecule has 1 N–H and O–H groups in total. The Balaban J connectivity index is 1.03. The summed E-state index contributed by atoms with van der Waals surface area (Å²) in [6.45, 7) is 0.839. The summed E-state index contributed by atoms with van der Waals surface area (Å²) in [5.41, 5.74) is -0.582. The average molecular weight is 688 g/mol. The van der Waals surface area contributed by atoms with E-state index in [2.05, 4.69) is 10.3 Å². The Labute approximate surface area is 282 Å². The molecule has 2 aromatic heterocycles. The van der Waals surface area contributed by atoms with Crippen molar-refractivity contribution in [1.29, 1.82) is 0 Å². The Morgan fingerprint density at radius 1 is 1.04 bits per heavy atom. The number of ether oxygens (including phenoxy) is 1. The maximum absolute atomic E-state index is 16.0. The van der Waals surface area contributed by atoms with Crippen LogP contribution < -0.4 is 20.0 Å². The third-order valence-electron chi connectivity index (χ3n) is 10.1. The minimum absolute atomic E-state index is 0.0198. The number of para-hydroxylation sites is 1. The number of fused-ring (bicyclic) bond motifs is 3. The standard InChI is InChI=1S/C34H31F2N7O7/c1-50-32-28-21(30(45)22(34(48)49)14-42(28)19-7-8-19)10-24(36)29(32)39-11-17-4-3-9-41(25(17)15-39)26(44)16-40-12-18(37-38-40)13-43-27-20(31(46)33(43)47)5-2-6-23(27)35/h2,5-6,10,12,14,17,19,25H,3-4,7-9,11,13,15-16H2,1H3,(H,48,49)/t17-,25+/m1/s1. The molecule has 4 aromatic rings. The highest BCUT2D eigenvalue weighted by atomic mass is 19.1. The average Bonchev–Trinajstić information content (AvgIpc) is 3.61. The first-order valence-electron chi connectivity index (χ1n) is 16.3. The molecule has 0 spiro atoms. The Morgan fingerprint density at radius 3 is 2.58 bits per heavy atom. The molecule has 16 heteroatoms. The SMILES string of the molecule is COc1c(N2C[C@H]3CCCN(C(=O)Cn4cc(CN5C(=O)C(=O)c6cccc(F)c65)nn4)[C@H]3C2)c(F)cc2c(=O)c(C(=O)O)cn(C3CC3)c12. The van der Waals surface area contributed by atoms with Gasteiger partial charge in [0, 0.05) is 31.9 Å². The van der Waals surface area contributed by atoms with E-state index in [0.29, 0.717) is 25.2 Å². The Morgan fingerprint density at radius 2 is 1.84 bits per heavy atom. The number of nitrogens with zero attached hydrogens (tertiary/aromatic N) is 7. The maximum atomic E-state index is 16.0. The number of halogens is 2. The quantitative estimate of drug-likeness (QED) is 0.273. The maximum Gasteiger partial charge on any atom is 0.341 e. The van der Waals surface area contributed by atoms with Crippen molar-refractivity contribution >= 4 is 45.8 Å². The molecule has 0 radical (unpaired) electrons. The van der Waals surface area contributed by atoms with Crippen LogP contribution in [0.4, 0.5) is 20.2 Å². The largest absolute Gasteiger partial charge is 0.492 e. The minimum Gasteiger partial charge on any atom is -0.492 e. The van der Waals surface area contributed by atoms with E-state index in [9.17, 15) is 33.5 Å². The Hall–Kier alpha value is -5.67. The number of piperidine rings is 1. The molecule has 3 aliphatic heterocycles. The summed E-state index contributed by atoms with van der Waals surface area (Å²) >= 11 is 0. The van der Waals surface area contributed by atoms with E-state index in [-0.39, 0.29) is 70.8 Å². The van der Waals surface area contributed by atoms with Crippen molar-refractivity contribution in [3.63, 3.8) is 0 Å². The molecule has 1 aliphatic carbocycles. The van der Waals surface area contributed by atoms with E-state index in [4.69, 9.17) is 4.74 Å². The molecule has 2 atom stereocenters. The van der Waals surface area contributed by atoms with Crippen molar-refractivity contribution in [1.82, 2.24) is 24.5 Å². The van der Waals surface area contributed by atoms with Gasteiger partial charge in [-0.15, -0.1) is 5.10 Å². The number of benzene rings is 2. The normalized spacial score (nSPS) is 20.1. The highest BCUT2D eigenvalue weighted by Crippen LogP contribution is 2.45. The number of carbonyl (C=O) groups excluding carboxylic acids is 3. The van der Waals surface area contributed by atoms with Gasteiger partial charge in [0.2, 0.25) is 11.3 Å². The van der Waals surface area contributed by atoms with Crippen LogP contribution in [-0.2, 0) is 22.7 Å². The third kappa shape index (κ3) is 4.99. The molecule has 2 amide bonds. The number of hydrogen-bond donors (Lipinski definition) is 1. The number of Topliss-reactive ketones (excluding diaryl/α,β-unsaturated/α-hetero) is 1. The number of pyridine rings is 1. The second kappa shape index (κ2) is 11.7. The number of carboxylic acid groups (broad SMARTS) is 1. The van der Waals surface area contributed by atoms with Crippen molar-refractivity contribution in [2.24, 2.45) is 5.92 Å². The van der Waals surface area contributed by atoms with Crippen molar-refractivity contribution in [2.45, 2.75) is 50.9 Å². The number of anilines is 2. The Kier molecular flexibility index (Phi) is 7.42. The van der Waals surface area contributed by atoms with E-state index in [1.165, 1.54) is 36.3 Å². The highest BCUT2D eigenvalue weighted by molar-refractivity contribution is 6.52. The lowest BCUT2D eigenvalue weighted by Crippen LogP contribution is -2.49. The Bertz CT molecular complexity index is 2200. The summed E-state index contributed by atoms with van der Waals surface area (Å²) in [5.74, 6) is -4.56.